The summed E-state index contributed by atoms with van der Waals surface area (Å²) in [5.41, 5.74) is 17.2. The fraction of sp³-hybridized carbons (Fsp3) is 0.750. The lowest BCUT2D eigenvalue weighted by atomic mass is 10.1. The molecule has 1 aliphatic rings. The minimum Gasteiger partial charge on any atom is -0.401 e. The van der Waals surface area contributed by atoms with Crippen molar-refractivity contribution in [3.05, 3.63) is 12.3 Å². The molecule has 172 valence electrons. The molecule has 1 rings (SSSR count). The van der Waals surface area contributed by atoms with Gasteiger partial charge in [0.05, 0.1) is 19.6 Å². The van der Waals surface area contributed by atoms with Crippen LogP contribution in [0, 0.1) is 5.92 Å². The molecule has 0 saturated carbocycles. The van der Waals surface area contributed by atoms with Gasteiger partial charge in [0.15, 0.2) is 0 Å². The van der Waals surface area contributed by atoms with Gasteiger partial charge < -0.3 is 17.2 Å². The van der Waals surface area contributed by atoms with Gasteiger partial charge in [-0.15, -0.1) is 0 Å². The molecule has 0 unspecified atom stereocenters. The number of carbonyl (C=O) groups excluding carboxylic acids is 3. The molecule has 0 aliphatic carbocycles. The van der Waals surface area contributed by atoms with E-state index >= 15 is 0 Å². The van der Waals surface area contributed by atoms with E-state index < -0.39 is 0 Å². The Labute approximate surface area is 180 Å². The maximum atomic E-state index is 12.3. The Bertz CT molecular complexity index is 565. The highest BCUT2D eigenvalue weighted by molar-refractivity contribution is 5.82. The van der Waals surface area contributed by atoms with Gasteiger partial charge in [-0.05, 0) is 0 Å². The molecule has 0 aromatic carbocycles. The molecule has 30 heavy (non-hydrogen) atoms. The predicted molar refractivity (Wildman–Crippen MR) is 117 cm³/mol. The van der Waals surface area contributed by atoms with Crippen LogP contribution in [0.15, 0.2) is 12.3 Å². The molecule has 0 aromatic rings. The van der Waals surface area contributed by atoms with Crippen molar-refractivity contribution in [1.82, 2.24) is 19.6 Å². The normalized spacial score (nSPS) is 19.2. The number of hydrogen-bond donors (Lipinski definition) is 3. The third-order valence-corrected chi connectivity index (χ3v) is 5.14. The molecule has 6 N–H and O–H groups in total. The van der Waals surface area contributed by atoms with E-state index in [1.54, 1.807) is 0 Å². The Hall–Kier alpha value is -2.01. The van der Waals surface area contributed by atoms with Crippen LogP contribution in [0.5, 0.6) is 0 Å². The van der Waals surface area contributed by atoms with E-state index in [0.717, 1.165) is 0 Å². The molecule has 1 fully saturated rings. The average Bonchev–Trinajstić information content (AvgIpc) is 2.62. The van der Waals surface area contributed by atoms with Crippen molar-refractivity contribution in [3.63, 3.8) is 0 Å². The first-order chi connectivity index (χ1) is 14.1. The minimum absolute atomic E-state index is 0.0484. The third-order valence-electron chi connectivity index (χ3n) is 5.14. The van der Waals surface area contributed by atoms with E-state index in [9.17, 15) is 14.4 Å². The predicted octanol–water partition coefficient (Wildman–Crippen LogP) is -2.12. The van der Waals surface area contributed by atoms with Crippen molar-refractivity contribution >= 4 is 17.6 Å². The van der Waals surface area contributed by atoms with E-state index in [1.165, 1.54) is 0 Å². The van der Waals surface area contributed by atoms with Gasteiger partial charge in [-0.1, -0.05) is 20.4 Å². The first-order valence-electron chi connectivity index (χ1n) is 10.5. The van der Waals surface area contributed by atoms with Crippen molar-refractivity contribution in [2.24, 2.45) is 23.1 Å². The van der Waals surface area contributed by atoms with Gasteiger partial charge in [0.2, 0.25) is 11.8 Å². The monoisotopic (exact) mass is 425 g/mol. The molecule has 1 heterocycles. The number of Topliss-reactive ketones (excluding diaryl/α,β-unsaturated/α-hetero) is 1. The molecule has 2 amide bonds. The van der Waals surface area contributed by atoms with Crippen molar-refractivity contribution in [2.75, 3.05) is 78.5 Å². The highest BCUT2D eigenvalue weighted by Gasteiger charge is 2.20. The summed E-state index contributed by atoms with van der Waals surface area (Å²) in [5, 5.41) is 0. The Kier molecular flexibility index (Phi) is 11.6. The standard InChI is InChI=1S/C20H39N7O3/c1-16(2)18(28)13-25-6-10-26(14-19(22)29)8-4-24(12-17(3)21)5-9-27(11-7-25)15-20(23)30/h16H,3-15,21H2,1-2H3,(H2,22,29)(H2,23,30). The lowest BCUT2D eigenvalue weighted by Crippen LogP contribution is -2.49. The van der Waals surface area contributed by atoms with E-state index in [1.807, 2.05) is 23.6 Å². The number of carbonyl (C=O) groups is 3. The van der Waals surface area contributed by atoms with Crippen molar-refractivity contribution in [1.29, 1.82) is 0 Å². The van der Waals surface area contributed by atoms with E-state index in [4.69, 9.17) is 17.2 Å². The number of amides is 2. The van der Waals surface area contributed by atoms with Crippen molar-refractivity contribution in [2.45, 2.75) is 13.8 Å². The largest absolute Gasteiger partial charge is 0.401 e. The molecule has 10 heteroatoms. The molecule has 0 aromatic heterocycles. The Morgan fingerprint density at radius 3 is 1.23 bits per heavy atom. The maximum absolute atomic E-state index is 12.3. The highest BCUT2D eigenvalue weighted by Crippen LogP contribution is 2.04. The van der Waals surface area contributed by atoms with Crippen LogP contribution in [0.2, 0.25) is 0 Å². The van der Waals surface area contributed by atoms with Gasteiger partial charge in [0.25, 0.3) is 0 Å². The SMILES string of the molecule is C=C(N)CN1CCN(CC(N)=O)CCN(CC(=O)C(C)C)CCN(CC(N)=O)CC1. The summed E-state index contributed by atoms with van der Waals surface area (Å²) in [7, 11) is 0. The highest BCUT2D eigenvalue weighted by atomic mass is 16.2. The summed E-state index contributed by atoms with van der Waals surface area (Å²) in [6.07, 6.45) is 0. The van der Waals surface area contributed by atoms with Crippen molar-refractivity contribution < 1.29 is 14.4 Å². The molecule has 0 spiro atoms. The van der Waals surface area contributed by atoms with Crippen LogP contribution in [0.3, 0.4) is 0 Å². The molecule has 0 bridgehead atoms. The second-order valence-corrected chi connectivity index (χ2v) is 8.32. The summed E-state index contributed by atoms with van der Waals surface area (Å²) >= 11 is 0. The van der Waals surface area contributed by atoms with Gasteiger partial charge >= 0.3 is 0 Å². The Balaban J connectivity index is 2.95. The summed E-state index contributed by atoms with van der Waals surface area (Å²) < 4.78 is 0. The zero-order valence-electron chi connectivity index (χ0n) is 18.5. The quantitative estimate of drug-likeness (QED) is 0.380. The molecule has 1 saturated heterocycles. The first kappa shape index (κ1) is 26.0. The van der Waals surface area contributed by atoms with Crippen LogP contribution >= 0.6 is 0 Å². The molecular weight excluding hydrogens is 386 g/mol. The van der Waals surface area contributed by atoms with E-state index in [-0.39, 0.29) is 36.6 Å². The van der Waals surface area contributed by atoms with Crippen LogP contribution in [-0.4, -0.2) is 116 Å². The molecule has 0 atom stereocenters. The zero-order valence-corrected chi connectivity index (χ0v) is 18.5. The number of hydrogen-bond acceptors (Lipinski definition) is 8. The van der Waals surface area contributed by atoms with Gasteiger partial charge in [0.1, 0.15) is 5.78 Å². The summed E-state index contributed by atoms with van der Waals surface area (Å²) in [6, 6.07) is 0. The second kappa shape index (κ2) is 13.3. The van der Waals surface area contributed by atoms with Crippen molar-refractivity contribution in [3.8, 4) is 0 Å². The minimum atomic E-state index is -0.380. The first-order valence-corrected chi connectivity index (χ1v) is 10.5. The zero-order chi connectivity index (χ0) is 22.7. The number of ketones is 1. The number of primary amides is 2. The van der Waals surface area contributed by atoms with Crippen LogP contribution in [-0.2, 0) is 14.4 Å². The van der Waals surface area contributed by atoms with E-state index in [2.05, 4.69) is 16.4 Å². The summed E-state index contributed by atoms with van der Waals surface area (Å²) in [5.74, 6) is -0.644. The van der Waals surface area contributed by atoms with Crippen LogP contribution in [0.25, 0.3) is 0 Å². The number of nitrogens with zero attached hydrogens (tertiary/aromatic N) is 4. The van der Waals surface area contributed by atoms with Gasteiger partial charge in [-0.2, -0.15) is 0 Å². The Morgan fingerprint density at radius 2 is 0.967 bits per heavy atom. The molecule has 0 radical (unpaired) electrons. The topological polar surface area (TPSA) is 142 Å². The molecule has 1 aliphatic heterocycles. The molecular formula is C20H39N7O3. The second-order valence-electron chi connectivity index (χ2n) is 8.32. The average molecular weight is 426 g/mol. The van der Waals surface area contributed by atoms with E-state index in [0.29, 0.717) is 71.1 Å². The van der Waals surface area contributed by atoms with Gasteiger partial charge in [0, 0.05) is 70.5 Å². The van der Waals surface area contributed by atoms with Crippen LogP contribution in [0.1, 0.15) is 13.8 Å². The van der Waals surface area contributed by atoms with Gasteiger partial charge in [-0.25, -0.2) is 0 Å². The summed E-state index contributed by atoms with van der Waals surface area (Å²) in [4.78, 5) is 43.6. The fourth-order valence-corrected chi connectivity index (χ4v) is 3.34. The maximum Gasteiger partial charge on any atom is 0.231 e. The number of rotatable bonds is 9. The lowest BCUT2D eigenvalue weighted by Gasteiger charge is -2.33. The summed E-state index contributed by atoms with van der Waals surface area (Å²) in [6.45, 7) is 13.9. The van der Waals surface area contributed by atoms with Crippen LogP contribution in [0.4, 0.5) is 0 Å². The van der Waals surface area contributed by atoms with Crippen LogP contribution < -0.4 is 17.2 Å². The lowest BCUT2D eigenvalue weighted by molar-refractivity contribution is -0.124. The molecule has 10 nitrogen and oxygen atoms in total. The van der Waals surface area contributed by atoms with Gasteiger partial charge in [-0.3, -0.25) is 34.0 Å². The Morgan fingerprint density at radius 1 is 0.667 bits per heavy atom. The fourth-order valence-electron chi connectivity index (χ4n) is 3.34. The number of nitrogens with two attached hydrogens (primary N) is 3. The smallest absolute Gasteiger partial charge is 0.231 e. The third kappa shape index (κ3) is 11.2.